The molecule has 1 aliphatic carbocycles. The maximum Gasteiger partial charge on any atom is 0.257 e. The van der Waals surface area contributed by atoms with Gasteiger partial charge >= 0.3 is 0 Å². The van der Waals surface area contributed by atoms with E-state index in [2.05, 4.69) is 15.6 Å². The molecule has 4 N–H and O–H groups in total. The van der Waals surface area contributed by atoms with Crippen LogP contribution in [0, 0.1) is 5.92 Å². The number of rotatable bonds is 6. The zero-order valence-corrected chi connectivity index (χ0v) is 17.1. The zero-order valence-electron chi connectivity index (χ0n) is 15.5. The van der Waals surface area contributed by atoms with Gasteiger partial charge in [-0.3, -0.25) is 14.6 Å². The van der Waals surface area contributed by atoms with Gasteiger partial charge in [-0.15, -0.1) is 24.8 Å². The molecule has 0 bridgehead atoms. The highest BCUT2D eigenvalue weighted by atomic mass is 35.5. The monoisotopic (exact) mass is 424 g/mol. The van der Waals surface area contributed by atoms with Crippen LogP contribution in [-0.2, 0) is 11.3 Å². The molecule has 1 aliphatic rings. The van der Waals surface area contributed by atoms with Gasteiger partial charge < -0.3 is 16.4 Å². The maximum atomic E-state index is 12.1. The number of carbonyl (C=O) groups is 2. The minimum atomic E-state index is -0.202. The summed E-state index contributed by atoms with van der Waals surface area (Å²) in [5.74, 6) is 0.147. The van der Waals surface area contributed by atoms with Gasteiger partial charge in [0.25, 0.3) is 5.91 Å². The fraction of sp³-hybridized carbons (Fsp3) is 0.350. The SMILES string of the molecule is Cl.Cl.N[C@@H]1CCC[C@H]1CC(=O)NCc1ccc(NC(=O)c2cccnc2)cc1. The van der Waals surface area contributed by atoms with Crippen LogP contribution < -0.4 is 16.4 Å². The predicted octanol–water partition coefficient (Wildman–Crippen LogP) is 3.31. The number of halogens is 2. The topological polar surface area (TPSA) is 97.1 Å². The molecule has 28 heavy (non-hydrogen) atoms. The number of aromatic nitrogens is 1. The Kier molecular flexibility index (Phi) is 9.93. The van der Waals surface area contributed by atoms with Crippen molar-refractivity contribution in [1.29, 1.82) is 0 Å². The first kappa shape index (κ1) is 23.9. The first-order valence-electron chi connectivity index (χ1n) is 8.94. The Morgan fingerprint density at radius 1 is 1.11 bits per heavy atom. The van der Waals surface area contributed by atoms with E-state index in [4.69, 9.17) is 5.73 Å². The van der Waals surface area contributed by atoms with Crippen LogP contribution in [0.15, 0.2) is 48.8 Å². The molecule has 0 aliphatic heterocycles. The molecular weight excluding hydrogens is 399 g/mol. The van der Waals surface area contributed by atoms with E-state index in [-0.39, 0.29) is 42.7 Å². The number of pyridine rings is 1. The average molecular weight is 425 g/mol. The lowest BCUT2D eigenvalue weighted by atomic mass is 10.00. The lowest BCUT2D eigenvalue weighted by Crippen LogP contribution is -2.31. The van der Waals surface area contributed by atoms with Gasteiger partial charge in [0.05, 0.1) is 5.56 Å². The lowest BCUT2D eigenvalue weighted by Gasteiger charge is -2.14. The molecule has 0 radical (unpaired) electrons. The third kappa shape index (κ3) is 6.78. The number of nitrogens with zero attached hydrogens (tertiary/aromatic N) is 1. The number of anilines is 1. The lowest BCUT2D eigenvalue weighted by molar-refractivity contribution is -0.122. The van der Waals surface area contributed by atoms with Crippen LogP contribution in [0.2, 0.25) is 0 Å². The Bertz CT molecular complexity index is 757. The van der Waals surface area contributed by atoms with Crippen LogP contribution in [0.5, 0.6) is 0 Å². The Balaban J connectivity index is 0.00000196. The first-order chi connectivity index (χ1) is 12.6. The van der Waals surface area contributed by atoms with Crippen molar-refractivity contribution in [3.63, 3.8) is 0 Å². The zero-order chi connectivity index (χ0) is 18.4. The van der Waals surface area contributed by atoms with Crippen molar-refractivity contribution in [2.45, 2.75) is 38.3 Å². The largest absolute Gasteiger partial charge is 0.352 e. The summed E-state index contributed by atoms with van der Waals surface area (Å²) < 4.78 is 0. The Hall–Kier alpha value is -2.15. The molecule has 3 rings (SSSR count). The molecule has 1 aromatic heterocycles. The molecule has 1 saturated carbocycles. The van der Waals surface area contributed by atoms with Crippen molar-refractivity contribution in [3.8, 4) is 0 Å². The molecule has 2 aromatic rings. The van der Waals surface area contributed by atoms with E-state index in [0.717, 1.165) is 24.8 Å². The summed E-state index contributed by atoms with van der Waals surface area (Å²) in [4.78, 5) is 28.1. The number of nitrogens with two attached hydrogens (primary N) is 1. The van der Waals surface area contributed by atoms with E-state index in [9.17, 15) is 9.59 Å². The highest BCUT2D eigenvalue weighted by Crippen LogP contribution is 2.26. The van der Waals surface area contributed by atoms with Crippen molar-refractivity contribution in [1.82, 2.24) is 10.3 Å². The van der Waals surface area contributed by atoms with Crippen LogP contribution >= 0.6 is 24.8 Å². The third-order valence-corrected chi connectivity index (χ3v) is 4.79. The quantitative estimate of drug-likeness (QED) is 0.662. The van der Waals surface area contributed by atoms with E-state index in [1.165, 1.54) is 6.20 Å². The van der Waals surface area contributed by atoms with E-state index in [1.807, 2.05) is 24.3 Å². The van der Waals surface area contributed by atoms with Gasteiger partial charge in [0.15, 0.2) is 0 Å². The summed E-state index contributed by atoms with van der Waals surface area (Å²) in [6.45, 7) is 0.470. The van der Waals surface area contributed by atoms with E-state index >= 15 is 0 Å². The van der Waals surface area contributed by atoms with Gasteiger partial charge in [0.2, 0.25) is 5.91 Å². The number of nitrogens with one attached hydrogen (secondary N) is 2. The number of carbonyl (C=O) groups excluding carboxylic acids is 2. The van der Waals surface area contributed by atoms with Crippen LogP contribution in [0.25, 0.3) is 0 Å². The van der Waals surface area contributed by atoms with Crippen molar-refractivity contribution in [2.75, 3.05) is 5.32 Å². The van der Waals surface area contributed by atoms with E-state index in [0.29, 0.717) is 30.1 Å². The Labute approximate surface area is 177 Å². The third-order valence-electron chi connectivity index (χ3n) is 4.79. The minimum Gasteiger partial charge on any atom is -0.352 e. The fourth-order valence-electron chi connectivity index (χ4n) is 3.24. The number of hydrogen-bond acceptors (Lipinski definition) is 4. The molecule has 152 valence electrons. The number of amides is 2. The van der Waals surface area contributed by atoms with Crippen molar-refractivity contribution >= 4 is 42.3 Å². The van der Waals surface area contributed by atoms with Crippen molar-refractivity contribution in [2.24, 2.45) is 11.7 Å². The molecule has 6 nitrogen and oxygen atoms in total. The summed E-state index contributed by atoms with van der Waals surface area (Å²) in [5.41, 5.74) is 8.20. The molecule has 1 aromatic carbocycles. The smallest absolute Gasteiger partial charge is 0.257 e. The highest BCUT2D eigenvalue weighted by molar-refractivity contribution is 6.04. The molecule has 1 heterocycles. The summed E-state index contributed by atoms with van der Waals surface area (Å²) in [6, 6.07) is 11.0. The first-order valence-corrected chi connectivity index (χ1v) is 8.94. The van der Waals surface area contributed by atoms with Gasteiger partial charge in [0.1, 0.15) is 0 Å². The molecule has 2 atom stereocenters. The second-order valence-corrected chi connectivity index (χ2v) is 6.73. The van der Waals surface area contributed by atoms with E-state index < -0.39 is 0 Å². The Morgan fingerprint density at radius 3 is 2.46 bits per heavy atom. The van der Waals surface area contributed by atoms with Crippen LogP contribution in [0.4, 0.5) is 5.69 Å². The minimum absolute atomic E-state index is 0. The van der Waals surface area contributed by atoms with Crippen molar-refractivity contribution < 1.29 is 9.59 Å². The molecule has 0 spiro atoms. The predicted molar refractivity (Wildman–Crippen MR) is 115 cm³/mol. The highest BCUT2D eigenvalue weighted by Gasteiger charge is 2.25. The molecule has 8 heteroatoms. The van der Waals surface area contributed by atoms with Crippen LogP contribution in [0.1, 0.15) is 41.6 Å². The molecule has 0 unspecified atom stereocenters. The van der Waals surface area contributed by atoms with E-state index in [1.54, 1.807) is 18.3 Å². The van der Waals surface area contributed by atoms with Gasteiger partial charge in [0, 0.05) is 37.1 Å². The summed E-state index contributed by atoms with van der Waals surface area (Å²) in [6.07, 6.45) is 6.82. The summed E-state index contributed by atoms with van der Waals surface area (Å²) >= 11 is 0. The second kappa shape index (κ2) is 11.6. The molecule has 1 fully saturated rings. The van der Waals surface area contributed by atoms with Gasteiger partial charge in [-0.2, -0.15) is 0 Å². The van der Waals surface area contributed by atoms with Crippen molar-refractivity contribution in [3.05, 3.63) is 59.9 Å². The second-order valence-electron chi connectivity index (χ2n) is 6.73. The molecule has 0 saturated heterocycles. The van der Waals surface area contributed by atoms with Gasteiger partial charge in [-0.25, -0.2) is 0 Å². The standard InChI is InChI=1S/C20H24N4O2.2ClH/c21-18-5-1-3-15(18)11-19(25)23-12-14-6-8-17(9-7-14)24-20(26)16-4-2-10-22-13-16;;/h2,4,6-10,13,15,18H,1,3,5,11-12,21H2,(H,23,25)(H,24,26);2*1H/t15-,18+;;/m0../s1. The van der Waals surface area contributed by atoms with Gasteiger partial charge in [-0.05, 0) is 48.6 Å². The van der Waals surface area contributed by atoms with Crippen LogP contribution in [0.3, 0.4) is 0 Å². The number of hydrogen-bond donors (Lipinski definition) is 3. The van der Waals surface area contributed by atoms with Gasteiger partial charge in [-0.1, -0.05) is 18.6 Å². The average Bonchev–Trinajstić information content (AvgIpc) is 3.06. The normalized spacial score (nSPS) is 17.8. The fourth-order valence-corrected chi connectivity index (χ4v) is 3.24. The maximum absolute atomic E-state index is 12.1. The Morgan fingerprint density at radius 2 is 1.86 bits per heavy atom. The summed E-state index contributed by atoms with van der Waals surface area (Å²) in [5, 5.41) is 5.77. The number of benzene rings is 1. The molecule has 2 amide bonds. The molecular formula is C20H26Cl2N4O2. The summed E-state index contributed by atoms with van der Waals surface area (Å²) in [7, 11) is 0. The van der Waals surface area contributed by atoms with Crippen LogP contribution in [-0.4, -0.2) is 22.8 Å².